The quantitative estimate of drug-likeness (QED) is 0.248. The highest BCUT2D eigenvalue weighted by atomic mass is 28.5. The van der Waals surface area contributed by atoms with Crippen LogP contribution in [0.2, 0.25) is 22.2 Å². The van der Waals surface area contributed by atoms with E-state index in [-0.39, 0.29) is 46.5 Å². The number of imidazole rings is 1. The lowest BCUT2D eigenvalue weighted by Crippen LogP contribution is -2.65. The Balaban J connectivity index is 1.45. The van der Waals surface area contributed by atoms with Crippen LogP contribution in [0, 0.1) is 0 Å². The molecule has 12 heteroatoms. The fourth-order valence-electron chi connectivity index (χ4n) is 6.23. The van der Waals surface area contributed by atoms with Crippen LogP contribution >= 0.6 is 0 Å². The van der Waals surface area contributed by atoms with E-state index >= 15 is 0 Å². The second-order valence-electron chi connectivity index (χ2n) is 12.4. The Bertz CT molecular complexity index is 1350. The number of fused-ring (bicyclic) bond motifs is 2. The fourth-order valence-corrected chi connectivity index (χ4v) is 17.4. The van der Waals surface area contributed by atoms with Crippen molar-refractivity contribution in [3.8, 4) is 0 Å². The molecule has 0 unspecified atom stereocenters. The number of hydrogen-bond donors (Lipinski definition) is 1. The summed E-state index contributed by atoms with van der Waals surface area (Å²) in [7, 11) is -5.38. The van der Waals surface area contributed by atoms with Gasteiger partial charge >= 0.3 is 17.1 Å². The standard InChI is InChI=1S/C29H43N5O5Si2/c1-18(2)40(19(3)4)36-15-24-23(38-41(39-40,20(5)6)21(7)8)14-25(37-24)34-17-32-26-27(30-16-31-28(26)34)33-29(35)22-12-10-9-11-13-22/h9-13,16-21,23-25H,14-15H2,1-8H3,(H,30,31,33,35)/t23-,24+,25+/m0/s1/i15+1. The van der Waals surface area contributed by atoms with Gasteiger partial charge in [-0.25, -0.2) is 15.0 Å². The molecule has 3 atom stereocenters. The first-order chi connectivity index (χ1) is 19.5. The van der Waals surface area contributed by atoms with E-state index in [0.29, 0.717) is 35.6 Å². The van der Waals surface area contributed by atoms with Gasteiger partial charge < -0.3 is 23.0 Å². The molecule has 0 radical (unpaired) electrons. The van der Waals surface area contributed by atoms with Gasteiger partial charge in [0.1, 0.15) is 18.7 Å². The second-order valence-corrected chi connectivity index (χ2v) is 21.2. The minimum absolute atomic E-state index is 0.181. The van der Waals surface area contributed by atoms with E-state index in [2.05, 4.69) is 75.7 Å². The molecule has 1 aromatic carbocycles. The molecule has 1 N–H and O–H groups in total. The van der Waals surface area contributed by atoms with Crippen molar-refractivity contribution >= 4 is 40.0 Å². The van der Waals surface area contributed by atoms with Crippen LogP contribution in [-0.2, 0) is 17.7 Å². The number of hydrogen-bond acceptors (Lipinski definition) is 8. The highest BCUT2D eigenvalue weighted by Crippen LogP contribution is 2.48. The van der Waals surface area contributed by atoms with Crippen molar-refractivity contribution < 1.29 is 22.5 Å². The third-order valence-electron chi connectivity index (χ3n) is 8.46. The van der Waals surface area contributed by atoms with Crippen LogP contribution in [0.1, 0.15) is 78.4 Å². The summed E-state index contributed by atoms with van der Waals surface area (Å²) in [5.41, 5.74) is 2.65. The summed E-state index contributed by atoms with van der Waals surface area (Å²) in [6.07, 6.45) is 2.98. The van der Waals surface area contributed by atoms with Gasteiger partial charge in [-0.1, -0.05) is 73.6 Å². The van der Waals surface area contributed by atoms with Crippen molar-refractivity contribution in [3.63, 3.8) is 0 Å². The molecule has 0 saturated carbocycles. The van der Waals surface area contributed by atoms with E-state index in [1.807, 2.05) is 22.8 Å². The number of nitrogens with one attached hydrogen (secondary N) is 1. The van der Waals surface area contributed by atoms with Gasteiger partial charge in [-0.05, 0) is 34.3 Å². The molecular weight excluding hydrogens is 556 g/mol. The summed E-state index contributed by atoms with van der Waals surface area (Å²) in [4.78, 5) is 26.2. The molecular formula is C29H43N5O5Si2. The highest BCUT2D eigenvalue weighted by molar-refractivity contribution is 6.84. The van der Waals surface area contributed by atoms with Crippen molar-refractivity contribution in [3.05, 3.63) is 48.5 Å². The number of nitrogens with zero attached hydrogens (tertiary/aromatic N) is 4. The van der Waals surface area contributed by atoms with E-state index in [9.17, 15) is 4.79 Å². The van der Waals surface area contributed by atoms with Crippen LogP contribution in [-0.4, -0.2) is 61.4 Å². The Kier molecular flexibility index (Phi) is 8.52. The predicted molar refractivity (Wildman–Crippen MR) is 162 cm³/mol. The predicted octanol–water partition coefficient (Wildman–Crippen LogP) is 6.32. The molecule has 2 fully saturated rings. The maximum absolute atomic E-state index is 12.8. The monoisotopic (exact) mass is 598 g/mol. The maximum atomic E-state index is 12.8. The van der Waals surface area contributed by atoms with Crippen molar-refractivity contribution in [1.82, 2.24) is 19.5 Å². The van der Waals surface area contributed by atoms with Crippen molar-refractivity contribution in [2.24, 2.45) is 0 Å². The van der Waals surface area contributed by atoms with Gasteiger partial charge in [-0.2, -0.15) is 0 Å². The maximum Gasteiger partial charge on any atom is 0.335 e. The van der Waals surface area contributed by atoms with Crippen LogP contribution in [0.3, 0.4) is 0 Å². The smallest absolute Gasteiger partial charge is 0.335 e. The number of rotatable bonds is 7. The molecule has 2 saturated heterocycles. The molecule has 222 valence electrons. The van der Waals surface area contributed by atoms with Crippen molar-refractivity contribution in [2.75, 3.05) is 11.9 Å². The zero-order valence-electron chi connectivity index (χ0n) is 25.3. The Hall–Kier alpha value is -2.49. The second kappa shape index (κ2) is 11.7. The number of carbonyl (C=O) groups is 1. The summed E-state index contributed by atoms with van der Waals surface area (Å²) in [5.74, 6) is 0.100. The fraction of sp³-hybridized carbons (Fsp3) is 0.586. The first-order valence-electron chi connectivity index (χ1n) is 14.7. The molecule has 2 aliphatic rings. The average molecular weight is 599 g/mol. The third kappa shape index (κ3) is 5.41. The topological polar surface area (TPSA) is 110 Å². The minimum atomic E-state index is -2.74. The van der Waals surface area contributed by atoms with E-state index in [1.54, 1.807) is 18.5 Å². The Labute approximate surface area is 244 Å². The van der Waals surface area contributed by atoms with E-state index in [4.69, 9.17) is 17.7 Å². The number of benzene rings is 1. The molecule has 5 rings (SSSR count). The van der Waals surface area contributed by atoms with Gasteiger partial charge in [-0.3, -0.25) is 9.36 Å². The van der Waals surface area contributed by atoms with E-state index in [1.165, 1.54) is 6.33 Å². The van der Waals surface area contributed by atoms with Crippen LogP contribution in [0.25, 0.3) is 11.2 Å². The molecule has 2 aliphatic heterocycles. The number of ether oxygens (including phenoxy) is 1. The summed E-state index contributed by atoms with van der Waals surface area (Å²) in [6.45, 7) is 18.2. The molecule has 1 amide bonds. The Morgan fingerprint density at radius 3 is 2.20 bits per heavy atom. The van der Waals surface area contributed by atoms with Crippen LogP contribution in [0.4, 0.5) is 5.82 Å². The zero-order valence-corrected chi connectivity index (χ0v) is 27.3. The van der Waals surface area contributed by atoms with Gasteiger partial charge in [0.05, 0.1) is 19.0 Å². The molecule has 41 heavy (non-hydrogen) atoms. The molecule has 10 nitrogen and oxygen atoms in total. The van der Waals surface area contributed by atoms with Crippen molar-refractivity contribution in [1.29, 1.82) is 0 Å². The zero-order chi connectivity index (χ0) is 29.5. The Morgan fingerprint density at radius 2 is 1.56 bits per heavy atom. The lowest BCUT2D eigenvalue weighted by molar-refractivity contribution is -0.0544. The van der Waals surface area contributed by atoms with Crippen LogP contribution in [0.5, 0.6) is 0 Å². The lowest BCUT2D eigenvalue weighted by atomic mass is 10.2. The largest absolute Gasteiger partial charge is 0.414 e. The van der Waals surface area contributed by atoms with Crippen LogP contribution in [0.15, 0.2) is 43.0 Å². The summed E-state index contributed by atoms with van der Waals surface area (Å²) < 4.78 is 29.9. The first-order valence-corrected chi connectivity index (χ1v) is 18.6. The number of carbonyl (C=O) groups excluding carboxylic acids is 1. The molecule has 2 aromatic heterocycles. The van der Waals surface area contributed by atoms with E-state index < -0.39 is 17.1 Å². The van der Waals surface area contributed by atoms with Gasteiger partial charge in [0.15, 0.2) is 17.0 Å². The Morgan fingerprint density at radius 1 is 0.902 bits per heavy atom. The highest BCUT2D eigenvalue weighted by Gasteiger charge is 2.60. The summed E-state index contributed by atoms with van der Waals surface area (Å²) >= 11 is 0. The first kappa shape index (κ1) is 30.0. The lowest BCUT2D eigenvalue weighted by Gasteiger charge is -2.51. The van der Waals surface area contributed by atoms with Crippen molar-refractivity contribution in [2.45, 2.75) is 102 Å². The van der Waals surface area contributed by atoms with Gasteiger partial charge in [0.2, 0.25) is 0 Å². The number of amides is 1. The summed E-state index contributed by atoms with van der Waals surface area (Å²) in [6, 6.07) is 9.02. The molecule has 3 aromatic rings. The SMILES string of the molecule is CC(C)[Si]1(C(C)C)O[13CH2][C@H]2O[C@@H](n3cnc4c(NC(=O)c5ccccc5)ncnc43)C[C@@H]2O[Si](C(C)C)(C(C)C)O1. The minimum Gasteiger partial charge on any atom is -0.414 e. The molecule has 0 bridgehead atoms. The molecule has 0 spiro atoms. The number of anilines is 1. The van der Waals surface area contributed by atoms with Gasteiger partial charge in [0.25, 0.3) is 5.91 Å². The van der Waals surface area contributed by atoms with E-state index in [0.717, 1.165) is 0 Å². The normalized spacial score (nSPS) is 24.1. The molecule has 0 aliphatic carbocycles. The van der Waals surface area contributed by atoms with Crippen LogP contribution < -0.4 is 5.32 Å². The summed E-state index contributed by atoms with van der Waals surface area (Å²) in [5, 5.41) is 2.88. The average Bonchev–Trinajstić information content (AvgIpc) is 3.53. The number of aromatic nitrogens is 4. The van der Waals surface area contributed by atoms with Gasteiger partial charge in [0, 0.05) is 12.0 Å². The third-order valence-corrected chi connectivity index (χ3v) is 18.7. The molecule has 4 heterocycles. The van der Waals surface area contributed by atoms with Gasteiger partial charge in [-0.15, -0.1) is 0 Å².